The van der Waals surface area contributed by atoms with Crippen LogP contribution >= 0.6 is 11.6 Å². The van der Waals surface area contributed by atoms with Crippen molar-refractivity contribution >= 4 is 29.2 Å². The number of halogens is 1. The van der Waals surface area contributed by atoms with E-state index in [0.717, 1.165) is 5.56 Å². The van der Waals surface area contributed by atoms with Gasteiger partial charge in [-0.1, -0.05) is 41.9 Å². The summed E-state index contributed by atoms with van der Waals surface area (Å²) in [4.78, 5) is 23.7. The molecule has 0 bridgehead atoms. The number of benzene rings is 2. The molecule has 0 aliphatic carbocycles. The van der Waals surface area contributed by atoms with Crippen LogP contribution in [0.15, 0.2) is 48.5 Å². The van der Waals surface area contributed by atoms with E-state index in [1.807, 2.05) is 6.07 Å². The number of carbonyl (C=O) groups excluding carboxylic acids is 2. The van der Waals surface area contributed by atoms with Crippen LogP contribution in [0.1, 0.15) is 15.9 Å². The molecule has 0 radical (unpaired) electrons. The van der Waals surface area contributed by atoms with Gasteiger partial charge in [0.1, 0.15) is 0 Å². The van der Waals surface area contributed by atoms with Crippen LogP contribution in [0.5, 0.6) is 0 Å². The smallest absolute Gasteiger partial charge is 0.339 e. The van der Waals surface area contributed by atoms with Gasteiger partial charge in [-0.15, -0.1) is 0 Å². The van der Waals surface area contributed by atoms with E-state index in [1.165, 1.54) is 7.11 Å². The lowest BCUT2D eigenvalue weighted by atomic mass is 10.1. The number of hydrogen-bond donors (Lipinski definition) is 1. The Morgan fingerprint density at radius 3 is 2.48 bits per heavy atom. The lowest BCUT2D eigenvalue weighted by Crippen LogP contribution is -2.17. The predicted molar refractivity (Wildman–Crippen MR) is 81.6 cm³/mol. The quantitative estimate of drug-likeness (QED) is 0.882. The van der Waals surface area contributed by atoms with Gasteiger partial charge in [0, 0.05) is 5.02 Å². The second-order valence-corrected chi connectivity index (χ2v) is 4.76. The molecule has 0 fully saturated rings. The van der Waals surface area contributed by atoms with E-state index in [-0.39, 0.29) is 12.3 Å². The van der Waals surface area contributed by atoms with E-state index >= 15 is 0 Å². The first-order valence-corrected chi connectivity index (χ1v) is 6.70. The molecule has 0 aliphatic heterocycles. The fourth-order valence-electron chi connectivity index (χ4n) is 1.89. The van der Waals surface area contributed by atoms with Gasteiger partial charge in [0.05, 0.1) is 24.8 Å². The van der Waals surface area contributed by atoms with Crippen molar-refractivity contribution in [3.8, 4) is 0 Å². The Balaban J connectivity index is 2.14. The Labute approximate surface area is 127 Å². The normalized spacial score (nSPS) is 10.0. The van der Waals surface area contributed by atoms with Crippen molar-refractivity contribution in [2.75, 3.05) is 12.4 Å². The Bertz CT molecular complexity index is 670. The highest BCUT2D eigenvalue weighted by Crippen LogP contribution is 2.18. The first-order valence-electron chi connectivity index (χ1n) is 6.32. The van der Waals surface area contributed by atoms with Gasteiger partial charge >= 0.3 is 5.97 Å². The molecule has 0 aliphatic rings. The number of esters is 1. The van der Waals surface area contributed by atoms with Crippen molar-refractivity contribution in [2.24, 2.45) is 0 Å². The Hall–Kier alpha value is -2.33. The van der Waals surface area contributed by atoms with Gasteiger partial charge in [0.2, 0.25) is 5.91 Å². The number of para-hydroxylation sites is 1. The van der Waals surface area contributed by atoms with Crippen molar-refractivity contribution in [1.29, 1.82) is 0 Å². The number of hydrogen-bond acceptors (Lipinski definition) is 3. The highest BCUT2D eigenvalue weighted by Gasteiger charge is 2.14. The zero-order chi connectivity index (χ0) is 15.2. The van der Waals surface area contributed by atoms with Crippen LogP contribution in [-0.2, 0) is 16.0 Å². The molecule has 0 aromatic heterocycles. The fourth-order valence-corrected chi connectivity index (χ4v) is 2.09. The molecule has 4 nitrogen and oxygen atoms in total. The molecule has 0 unspecified atom stereocenters. The second kappa shape index (κ2) is 6.90. The molecule has 2 rings (SSSR count). The Morgan fingerprint density at radius 2 is 1.76 bits per heavy atom. The predicted octanol–water partition coefficient (Wildman–Crippen LogP) is 3.31. The van der Waals surface area contributed by atoms with Gasteiger partial charge < -0.3 is 10.1 Å². The zero-order valence-corrected chi connectivity index (χ0v) is 12.2. The average molecular weight is 304 g/mol. The second-order valence-electron chi connectivity index (χ2n) is 4.35. The van der Waals surface area contributed by atoms with Crippen molar-refractivity contribution < 1.29 is 14.3 Å². The van der Waals surface area contributed by atoms with Crippen LogP contribution in [0.25, 0.3) is 0 Å². The van der Waals surface area contributed by atoms with Crippen LogP contribution < -0.4 is 5.32 Å². The SMILES string of the molecule is COC(=O)c1ccccc1NC(=O)Cc1ccccc1Cl. The summed E-state index contributed by atoms with van der Waals surface area (Å²) in [6, 6.07) is 13.8. The first-order chi connectivity index (χ1) is 10.1. The monoisotopic (exact) mass is 303 g/mol. The third-order valence-corrected chi connectivity index (χ3v) is 3.28. The maximum Gasteiger partial charge on any atom is 0.339 e. The lowest BCUT2D eigenvalue weighted by Gasteiger charge is -2.10. The van der Waals surface area contributed by atoms with Crippen LogP contribution in [0.2, 0.25) is 5.02 Å². The summed E-state index contributed by atoms with van der Waals surface area (Å²) in [7, 11) is 1.30. The van der Waals surface area contributed by atoms with Crippen molar-refractivity contribution in [2.45, 2.75) is 6.42 Å². The standard InChI is InChI=1S/C16H14ClNO3/c1-21-16(20)12-7-3-5-9-14(12)18-15(19)10-11-6-2-4-8-13(11)17/h2-9H,10H2,1H3,(H,18,19). The Kier molecular flexibility index (Phi) is 4.95. The Morgan fingerprint density at radius 1 is 1.10 bits per heavy atom. The van der Waals surface area contributed by atoms with Crippen molar-refractivity contribution in [1.82, 2.24) is 0 Å². The van der Waals surface area contributed by atoms with E-state index < -0.39 is 5.97 Å². The molecule has 0 saturated heterocycles. The summed E-state index contributed by atoms with van der Waals surface area (Å²) in [5.74, 6) is -0.747. The number of methoxy groups -OCH3 is 1. The summed E-state index contributed by atoms with van der Waals surface area (Å²) in [6.07, 6.45) is 0.134. The molecule has 0 saturated carbocycles. The minimum Gasteiger partial charge on any atom is -0.465 e. The molecule has 2 aromatic rings. The van der Waals surface area contributed by atoms with E-state index in [1.54, 1.807) is 42.5 Å². The van der Waals surface area contributed by atoms with Gasteiger partial charge in [-0.25, -0.2) is 4.79 Å². The average Bonchev–Trinajstić information content (AvgIpc) is 2.49. The molecule has 0 atom stereocenters. The number of carbonyl (C=O) groups is 2. The summed E-state index contributed by atoms with van der Waals surface area (Å²) in [5, 5.41) is 3.24. The molecule has 108 valence electrons. The molecule has 1 N–H and O–H groups in total. The summed E-state index contributed by atoms with van der Waals surface area (Å²) < 4.78 is 4.68. The van der Waals surface area contributed by atoms with Crippen LogP contribution in [0.4, 0.5) is 5.69 Å². The van der Waals surface area contributed by atoms with Crippen LogP contribution in [-0.4, -0.2) is 19.0 Å². The number of rotatable bonds is 4. The first kappa shape index (κ1) is 15.1. The minimum atomic E-state index is -0.497. The maximum atomic E-state index is 12.1. The zero-order valence-electron chi connectivity index (χ0n) is 11.4. The van der Waals surface area contributed by atoms with Gasteiger partial charge in [-0.05, 0) is 23.8 Å². The van der Waals surface area contributed by atoms with Gasteiger partial charge in [0.25, 0.3) is 0 Å². The van der Waals surface area contributed by atoms with Crippen LogP contribution in [0.3, 0.4) is 0 Å². The molecular formula is C16H14ClNO3. The van der Waals surface area contributed by atoms with Crippen LogP contribution in [0, 0.1) is 0 Å². The summed E-state index contributed by atoms with van der Waals surface area (Å²) >= 11 is 6.02. The molecule has 0 spiro atoms. The van der Waals surface area contributed by atoms with E-state index in [2.05, 4.69) is 10.1 Å². The minimum absolute atomic E-state index is 0.134. The van der Waals surface area contributed by atoms with E-state index in [4.69, 9.17) is 11.6 Å². The maximum absolute atomic E-state index is 12.1. The fraction of sp³-hybridized carbons (Fsp3) is 0.125. The highest BCUT2D eigenvalue weighted by molar-refractivity contribution is 6.31. The number of nitrogens with one attached hydrogen (secondary N) is 1. The number of anilines is 1. The number of ether oxygens (including phenoxy) is 1. The molecule has 2 aromatic carbocycles. The summed E-state index contributed by atoms with van der Waals surface area (Å²) in [5.41, 5.74) is 1.46. The third kappa shape index (κ3) is 3.83. The molecule has 1 amide bonds. The van der Waals surface area contributed by atoms with Gasteiger partial charge in [-0.2, -0.15) is 0 Å². The molecular weight excluding hydrogens is 290 g/mol. The van der Waals surface area contributed by atoms with Crippen molar-refractivity contribution in [3.05, 3.63) is 64.7 Å². The molecule has 0 heterocycles. The topological polar surface area (TPSA) is 55.4 Å². The number of amides is 1. The highest BCUT2D eigenvalue weighted by atomic mass is 35.5. The van der Waals surface area contributed by atoms with Gasteiger partial charge in [-0.3, -0.25) is 4.79 Å². The van der Waals surface area contributed by atoms with E-state index in [9.17, 15) is 9.59 Å². The lowest BCUT2D eigenvalue weighted by molar-refractivity contribution is -0.115. The third-order valence-electron chi connectivity index (χ3n) is 2.92. The van der Waals surface area contributed by atoms with E-state index in [0.29, 0.717) is 16.3 Å². The van der Waals surface area contributed by atoms with Crippen molar-refractivity contribution in [3.63, 3.8) is 0 Å². The molecule has 5 heteroatoms. The largest absolute Gasteiger partial charge is 0.465 e. The summed E-state index contributed by atoms with van der Waals surface area (Å²) in [6.45, 7) is 0. The van der Waals surface area contributed by atoms with Gasteiger partial charge in [0.15, 0.2) is 0 Å². The molecule has 21 heavy (non-hydrogen) atoms.